The largest absolute Gasteiger partial charge is 0.493 e. The average Bonchev–Trinajstić information content (AvgIpc) is 2.75. The van der Waals surface area contributed by atoms with Crippen LogP contribution in [0, 0.1) is 0 Å². The number of amides is 1. The molecule has 0 spiro atoms. The summed E-state index contributed by atoms with van der Waals surface area (Å²) < 4.78 is 16.9. The number of nitrogens with one attached hydrogen (secondary N) is 1. The number of hydrogen-bond donors (Lipinski definition) is 1. The Morgan fingerprint density at radius 3 is 2.57 bits per heavy atom. The molecule has 1 atom stereocenters. The zero-order valence-electron chi connectivity index (χ0n) is 16.7. The second-order valence-corrected chi connectivity index (χ2v) is 6.94. The van der Waals surface area contributed by atoms with Crippen molar-refractivity contribution in [3.63, 3.8) is 0 Å². The smallest absolute Gasteiger partial charge is 0.261 e. The van der Waals surface area contributed by atoms with Crippen LogP contribution >= 0.6 is 0 Å². The third kappa shape index (κ3) is 5.18. The van der Waals surface area contributed by atoms with Crippen LogP contribution in [0.25, 0.3) is 0 Å². The van der Waals surface area contributed by atoms with Crippen LogP contribution in [0.15, 0.2) is 42.5 Å². The molecule has 1 N–H and O–H groups in total. The Morgan fingerprint density at radius 2 is 1.82 bits per heavy atom. The zero-order valence-corrected chi connectivity index (χ0v) is 16.7. The van der Waals surface area contributed by atoms with E-state index in [1.54, 1.807) is 7.11 Å². The Bertz CT molecular complexity index is 790. The van der Waals surface area contributed by atoms with E-state index in [1.807, 2.05) is 37.3 Å². The molecular formula is C23H29NO4. The Kier molecular flexibility index (Phi) is 7.18. The Balaban J connectivity index is 1.48. The minimum Gasteiger partial charge on any atom is -0.493 e. The maximum Gasteiger partial charge on any atom is 0.261 e. The van der Waals surface area contributed by atoms with Crippen LogP contribution in [0.3, 0.4) is 0 Å². The fourth-order valence-corrected chi connectivity index (χ4v) is 3.46. The summed E-state index contributed by atoms with van der Waals surface area (Å²) in [5.41, 5.74) is 2.76. The van der Waals surface area contributed by atoms with Crippen molar-refractivity contribution in [3.05, 3.63) is 53.6 Å². The van der Waals surface area contributed by atoms with Gasteiger partial charge in [-0.1, -0.05) is 25.1 Å². The van der Waals surface area contributed by atoms with Gasteiger partial charge < -0.3 is 19.5 Å². The topological polar surface area (TPSA) is 56.8 Å². The van der Waals surface area contributed by atoms with Crippen molar-refractivity contribution in [2.75, 3.05) is 20.3 Å². The van der Waals surface area contributed by atoms with Crippen molar-refractivity contribution in [1.29, 1.82) is 0 Å². The normalized spacial score (nSPS) is 13.9. The number of benzene rings is 2. The van der Waals surface area contributed by atoms with Crippen molar-refractivity contribution < 1.29 is 19.0 Å². The standard InChI is InChI=1S/C23H29NO4/c1-3-20(28-19-13-12-17-8-4-5-9-18(17)16-19)23(25)24-14-15-27-22-11-7-6-10-21(22)26-2/h6-7,10-13,16,20H,3-5,8-9,14-15H2,1-2H3,(H,24,25)/t20-/m0/s1. The monoisotopic (exact) mass is 383 g/mol. The maximum atomic E-state index is 12.5. The number of aryl methyl sites for hydroxylation is 2. The van der Waals surface area contributed by atoms with Crippen LogP contribution in [-0.2, 0) is 17.6 Å². The number of fused-ring (bicyclic) bond motifs is 1. The maximum absolute atomic E-state index is 12.5. The molecule has 1 aliphatic rings. The SMILES string of the molecule is CC[C@H](Oc1ccc2c(c1)CCCC2)C(=O)NCCOc1ccccc1OC. The first kappa shape index (κ1) is 20.1. The van der Waals surface area contributed by atoms with E-state index < -0.39 is 6.10 Å². The molecule has 28 heavy (non-hydrogen) atoms. The lowest BCUT2D eigenvalue weighted by Gasteiger charge is -2.20. The van der Waals surface area contributed by atoms with E-state index in [2.05, 4.69) is 17.4 Å². The summed E-state index contributed by atoms with van der Waals surface area (Å²) in [6.45, 7) is 2.72. The highest BCUT2D eigenvalue weighted by Crippen LogP contribution is 2.27. The van der Waals surface area contributed by atoms with E-state index in [1.165, 1.54) is 24.0 Å². The Hall–Kier alpha value is -2.69. The summed E-state index contributed by atoms with van der Waals surface area (Å²) in [6, 6.07) is 13.7. The minimum atomic E-state index is -0.507. The summed E-state index contributed by atoms with van der Waals surface area (Å²) in [6.07, 6.45) is 4.81. The van der Waals surface area contributed by atoms with E-state index in [9.17, 15) is 4.79 Å². The van der Waals surface area contributed by atoms with Gasteiger partial charge in [-0.25, -0.2) is 0 Å². The second kappa shape index (κ2) is 10.0. The van der Waals surface area contributed by atoms with Crippen molar-refractivity contribution in [3.8, 4) is 17.2 Å². The molecule has 3 rings (SSSR count). The van der Waals surface area contributed by atoms with E-state index in [0.717, 1.165) is 18.6 Å². The van der Waals surface area contributed by atoms with Gasteiger partial charge in [0.05, 0.1) is 13.7 Å². The third-order valence-corrected chi connectivity index (χ3v) is 4.99. The van der Waals surface area contributed by atoms with Gasteiger partial charge in [0.2, 0.25) is 0 Å². The Morgan fingerprint density at radius 1 is 1.07 bits per heavy atom. The number of ether oxygens (including phenoxy) is 3. The average molecular weight is 383 g/mol. The first-order chi connectivity index (χ1) is 13.7. The molecule has 5 heteroatoms. The lowest BCUT2D eigenvalue weighted by atomic mass is 9.92. The highest BCUT2D eigenvalue weighted by molar-refractivity contribution is 5.81. The molecule has 0 aliphatic heterocycles. The fourth-order valence-electron chi connectivity index (χ4n) is 3.46. The number of para-hydroxylation sites is 2. The lowest BCUT2D eigenvalue weighted by molar-refractivity contribution is -0.128. The van der Waals surface area contributed by atoms with Crippen LogP contribution in [0.5, 0.6) is 17.2 Å². The summed E-state index contributed by atoms with van der Waals surface area (Å²) in [7, 11) is 1.61. The molecule has 0 unspecified atom stereocenters. The lowest BCUT2D eigenvalue weighted by Crippen LogP contribution is -2.39. The van der Waals surface area contributed by atoms with Crippen molar-refractivity contribution in [1.82, 2.24) is 5.32 Å². The van der Waals surface area contributed by atoms with Crippen LogP contribution in [0.4, 0.5) is 0 Å². The van der Waals surface area contributed by atoms with Gasteiger partial charge in [0.15, 0.2) is 17.6 Å². The van der Waals surface area contributed by atoms with E-state index in [4.69, 9.17) is 14.2 Å². The second-order valence-electron chi connectivity index (χ2n) is 6.94. The molecular weight excluding hydrogens is 354 g/mol. The molecule has 5 nitrogen and oxygen atoms in total. The highest BCUT2D eigenvalue weighted by atomic mass is 16.5. The molecule has 0 bridgehead atoms. The van der Waals surface area contributed by atoms with Gasteiger partial charge in [0.1, 0.15) is 12.4 Å². The van der Waals surface area contributed by atoms with Crippen LogP contribution < -0.4 is 19.5 Å². The molecule has 2 aromatic carbocycles. The van der Waals surface area contributed by atoms with Gasteiger partial charge in [0, 0.05) is 0 Å². The summed E-state index contributed by atoms with van der Waals surface area (Å²) in [4.78, 5) is 12.5. The van der Waals surface area contributed by atoms with Crippen molar-refractivity contribution >= 4 is 5.91 Å². The van der Waals surface area contributed by atoms with Crippen LogP contribution in [-0.4, -0.2) is 32.3 Å². The first-order valence-corrected chi connectivity index (χ1v) is 10.0. The number of carbonyl (C=O) groups excluding carboxylic acids is 1. The molecule has 0 aromatic heterocycles. The van der Waals surface area contributed by atoms with Gasteiger partial charge in [-0.15, -0.1) is 0 Å². The molecule has 0 saturated carbocycles. The van der Waals surface area contributed by atoms with E-state index >= 15 is 0 Å². The molecule has 0 saturated heterocycles. The zero-order chi connectivity index (χ0) is 19.8. The van der Waals surface area contributed by atoms with E-state index in [-0.39, 0.29) is 5.91 Å². The highest BCUT2D eigenvalue weighted by Gasteiger charge is 2.19. The number of hydrogen-bond acceptors (Lipinski definition) is 4. The van der Waals surface area contributed by atoms with Gasteiger partial charge in [-0.05, 0) is 67.5 Å². The van der Waals surface area contributed by atoms with Gasteiger partial charge in [-0.2, -0.15) is 0 Å². The number of methoxy groups -OCH3 is 1. The molecule has 0 radical (unpaired) electrons. The fraction of sp³-hybridized carbons (Fsp3) is 0.435. The van der Waals surface area contributed by atoms with Crippen LogP contribution in [0.1, 0.15) is 37.3 Å². The van der Waals surface area contributed by atoms with Gasteiger partial charge in [-0.3, -0.25) is 4.79 Å². The predicted octanol–water partition coefficient (Wildman–Crippen LogP) is 3.93. The number of carbonyl (C=O) groups is 1. The first-order valence-electron chi connectivity index (χ1n) is 10.0. The van der Waals surface area contributed by atoms with Crippen molar-refractivity contribution in [2.24, 2.45) is 0 Å². The number of rotatable bonds is 9. The minimum absolute atomic E-state index is 0.121. The summed E-state index contributed by atoms with van der Waals surface area (Å²) >= 11 is 0. The predicted molar refractivity (Wildman–Crippen MR) is 109 cm³/mol. The Labute approximate surface area is 167 Å². The molecule has 1 aliphatic carbocycles. The third-order valence-electron chi connectivity index (χ3n) is 4.99. The summed E-state index contributed by atoms with van der Waals surface area (Å²) in [5, 5.41) is 2.89. The quantitative estimate of drug-likeness (QED) is 0.667. The molecule has 0 heterocycles. The van der Waals surface area contributed by atoms with Gasteiger partial charge >= 0.3 is 0 Å². The molecule has 2 aromatic rings. The van der Waals surface area contributed by atoms with Gasteiger partial charge in [0.25, 0.3) is 5.91 Å². The van der Waals surface area contributed by atoms with Crippen molar-refractivity contribution in [2.45, 2.75) is 45.1 Å². The molecule has 150 valence electrons. The molecule has 0 fully saturated rings. The van der Waals surface area contributed by atoms with E-state index in [0.29, 0.717) is 31.1 Å². The van der Waals surface area contributed by atoms with Crippen LogP contribution in [0.2, 0.25) is 0 Å². The summed E-state index contributed by atoms with van der Waals surface area (Å²) in [5.74, 6) is 1.99. The molecule has 1 amide bonds.